The number of carbonyl (C=O) groups excluding carboxylic acids is 1. The van der Waals surface area contributed by atoms with Gasteiger partial charge in [0.1, 0.15) is 5.82 Å². The summed E-state index contributed by atoms with van der Waals surface area (Å²) in [4.78, 5) is 20.7. The van der Waals surface area contributed by atoms with Crippen LogP contribution in [0.2, 0.25) is 0 Å². The first-order valence-corrected chi connectivity index (χ1v) is 11.4. The van der Waals surface area contributed by atoms with Crippen molar-refractivity contribution in [2.45, 2.75) is 43.4 Å². The molecule has 1 aromatic heterocycles. The molecule has 0 bridgehead atoms. The number of likely N-dealkylation sites (tertiary alicyclic amines) is 1. The zero-order valence-corrected chi connectivity index (χ0v) is 17.9. The van der Waals surface area contributed by atoms with Crippen molar-refractivity contribution in [1.29, 1.82) is 0 Å². The van der Waals surface area contributed by atoms with Crippen LogP contribution in [-0.4, -0.2) is 49.0 Å². The van der Waals surface area contributed by atoms with Gasteiger partial charge in [-0.05, 0) is 55.2 Å². The van der Waals surface area contributed by atoms with Crippen molar-refractivity contribution in [3.05, 3.63) is 59.3 Å². The summed E-state index contributed by atoms with van der Waals surface area (Å²) in [5.41, 5.74) is 3.80. The maximum absolute atomic E-state index is 13.7. The third-order valence-electron chi connectivity index (χ3n) is 7.63. The van der Waals surface area contributed by atoms with E-state index in [9.17, 15) is 4.79 Å². The molecule has 2 aliphatic heterocycles. The maximum Gasteiger partial charge on any atom is 0.227 e. The number of aryl methyl sites for hydroxylation is 1. The van der Waals surface area contributed by atoms with Gasteiger partial charge in [0.25, 0.3) is 0 Å². The lowest BCUT2D eigenvalue weighted by Crippen LogP contribution is -2.49. The first-order chi connectivity index (χ1) is 14.7. The summed E-state index contributed by atoms with van der Waals surface area (Å²) < 4.78 is 0. The average molecular weight is 405 g/mol. The van der Waals surface area contributed by atoms with Crippen molar-refractivity contribution in [1.82, 2.24) is 15.2 Å². The van der Waals surface area contributed by atoms with Gasteiger partial charge in [-0.3, -0.25) is 4.79 Å². The molecule has 1 amide bonds. The number of carbonyl (C=O) groups is 1. The van der Waals surface area contributed by atoms with E-state index < -0.39 is 0 Å². The third-order valence-corrected chi connectivity index (χ3v) is 7.63. The Morgan fingerprint density at radius 1 is 1.17 bits per heavy atom. The fourth-order valence-electron chi connectivity index (χ4n) is 6.00. The standard InChI is InChI=1S/C25H32N4O/c1-26-23-10-9-20-22(28-23)8-5-13-25(20)17-27-16-21(25)24(30)29-14-11-19(12-15-29)18-6-3-2-4-7-18/h2-4,6-7,9-10,19,21,27H,5,8,11-17H2,1H3,(H,26,28)/t21-,25-/m0/s1. The Labute approximate surface area is 179 Å². The van der Waals surface area contributed by atoms with Crippen LogP contribution >= 0.6 is 0 Å². The van der Waals surface area contributed by atoms with Gasteiger partial charge in [0, 0.05) is 44.3 Å². The molecule has 0 radical (unpaired) electrons. The van der Waals surface area contributed by atoms with Crippen LogP contribution in [0.1, 0.15) is 48.4 Å². The zero-order valence-electron chi connectivity index (χ0n) is 17.9. The molecular formula is C25H32N4O. The largest absolute Gasteiger partial charge is 0.373 e. The minimum absolute atomic E-state index is 0.0204. The highest BCUT2D eigenvalue weighted by Crippen LogP contribution is 2.46. The molecule has 0 unspecified atom stereocenters. The fraction of sp³-hybridized carbons (Fsp3) is 0.520. The van der Waals surface area contributed by atoms with Gasteiger partial charge < -0.3 is 15.5 Å². The predicted molar refractivity (Wildman–Crippen MR) is 120 cm³/mol. The molecule has 158 valence electrons. The second-order valence-electron chi connectivity index (χ2n) is 9.14. The number of fused-ring (bicyclic) bond motifs is 2. The first-order valence-electron chi connectivity index (χ1n) is 11.4. The van der Waals surface area contributed by atoms with E-state index in [2.05, 4.69) is 58.0 Å². The Kier molecular flexibility index (Phi) is 5.23. The summed E-state index contributed by atoms with van der Waals surface area (Å²) in [6, 6.07) is 15.1. The van der Waals surface area contributed by atoms with Crippen LogP contribution in [0.25, 0.3) is 0 Å². The number of aromatic nitrogens is 1. The van der Waals surface area contributed by atoms with Crippen LogP contribution in [-0.2, 0) is 16.6 Å². The van der Waals surface area contributed by atoms with E-state index in [1.807, 2.05) is 7.05 Å². The Morgan fingerprint density at radius 2 is 1.97 bits per heavy atom. The normalized spacial score (nSPS) is 26.6. The Morgan fingerprint density at radius 3 is 2.73 bits per heavy atom. The van der Waals surface area contributed by atoms with E-state index in [4.69, 9.17) is 4.98 Å². The molecule has 2 saturated heterocycles. The van der Waals surface area contributed by atoms with Crippen LogP contribution in [0.5, 0.6) is 0 Å². The number of nitrogens with zero attached hydrogens (tertiary/aromatic N) is 2. The number of anilines is 1. The Balaban J connectivity index is 1.35. The molecule has 2 fully saturated rings. The monoisotopic (exact) mass is 404 g/mol. The van der Waals surface area contributed by atoms with Gasteiger partial charge in [-0.2, -0.15) is 0 Å². The van der Waals surface area contributed by atoms with Crippen LogP contribution in [0, 0.1) is 5.92 Å². The lowest BCUT2D eigenvalue weighted by molar-refractivity contribution is -0.138. The molecule has 3 aliphatic rings. The molecule has 5 nitrogen and oxygen atoms in total. The topological polar surface area (TPSA) is 57.3 Å². The van der Waals surface area contributed by atoms with Gasteiger partial charge in [0.05, 0.1) is 5.92 Å². The summed E-state index contributed by atoms with van der Waals surface area (Å²) in [6.07, 6.45) is 5.31. The number of benzene rings is 1. The molecule has 1 aromatic carbocycles. The van der Waals surface area contributed by atoms with Gasteiger partial charge in [-0.1, -0.05) is 36.4 Å². The van der Waals surface area contributed by atoms with Crippen molar-refractivity contribution < 1.29 is 4.79 Å². The van der Waals surface area contributed by atoms with Crippen LogP contribution in [0.4, 0.5) is 5.82 Å². The van der Waals surface area contributed by atoms with E-state index in [0.29, 0.717) is 11.8 Å². The summed E-state index contributed by atoms with van der Waals surface area (Å²) >= 11 is 0. The molecule has 0 saturated carbocycles. The smallest absolute Gasteiger partial charge is 0.227 e. The van der Waals surface area contributed by atoms with E-state index >= 15 is 0 Å². The van der Waals surface area contributed by atoms with Gasteiger partial charge in [-0.25, -0.2) is 4.98 Å². The molecule has 3 heterocycles. The van der Waals surface area contributed by atoms with Gasteiger partial charge >= 0.3 is 0 Å². The van der Waals surface area contributed by atoms with Crippen LogP contribution in [0.15, 0.2) is 42.5 Å². The summed E-state index contributed by atoms with van der Waals surface area (Å²) in [6.45, 7) is 3.41. The van der Waals surface area contributed by atoms with Crippen molar-refractivity contribution >= 4 is 11.7 Å². The highest BCUT2D eigenvalue weighted by molar-refractivity contribution is 5.82. The molecule has 2 aromatic rings. The number of hydrogen-bond donors (Lipinski definition) is 2. The quantitative estimate of drug-likeness (QED) is 0.824. The molecule has 2 N–H and O–H groups in total. The lowest BCUT2D eigenvalue weighted by Gasteiger charge is -2.42. The molecule has 30 heavy (non-hydrogen) atoms. The number of hydrogen-bond acceptors (Lipinski definition) is 4. The van der Waals surface area contributed by atoms with Crippen LogP contribution < -0.4 is 10.6 Å². The average Bonchev–Trinajstić information content (AvgIpc) is 3.23. The van der Waals surface area contributed by atoms with Gasteiger partial charge in [0.2, 0.25) is 5.91 Å². The first kappa shape index (κ1) is 19.6. The number of nitrogens with one attached hydrogen (secondary N) is 2. The highest BCUT2D eigenvalue weighted by atomic mass is 16.2. The van der Waals surface area contributed by atoms with E-state index in [1.54, 1.807) is 0 Å². The third kappa shape index (κ3) is 3.29. The van der Waals surface area contributed by atoms with Gasteiger partial charge in [0.15, 0.2) is 0 Å². The lowest BCUT2D eigenvalue weighted by atomic mass is 9.65. The second kappa shape index (κ2) is 8.03. The number of rotatable bonds is 3. The molecule has 5 rings (SSSR count). The predicted octanol–water partition coefficient (Wildman–Crippen LogP) is 3.32. The van der Waals surface area contributed by atoms with Crippen molar-refractivity contribution in [3.63, 3.8) is 0 Å². The van der Waals surface area contributed by atoms with Gasteiger partial charge in [-0.15, -0.1) is 0 Å². The second-order valence-corrected chi connectivity index (χ2v) is 9.14. The molecule has 2 atom stereocenters. The van der Waals surface area contributed by atoms with E-state index in [0.717, 1.165) is 64.1 Å². The molecule has 1 aliphatic carbocycles. The Bertz CT molecular complexity index is 907. The fourth-order valence-corrected chi connectivity index (χ4v) is 6.00. The summed E-state index contributed by atoms with van der Waals surface area (Å²) in [5.74, 6) is 1.86. The molecule has 5 heteroatoms. The minimum atomic E-state index is -0.0970. The molecular weight excluding hydrogens is 372 g/mol. The SMILES string of the molecule is CNc1ccc2c(n1)CCC[C@]21CNC[C@H]1C(=O)N1CCC(c2ccccc2)CC1. The number of piperidine rings is 1. The highest BCUT2D eigenvalue weighted by Gasteiger charge is 2.51. The van der Waals surface area contributed by atoms with Crippen molar-refractivity contribution in [3.8, 4) is 0 Å². The summed E-state index contributed by atoms with van der Waals surface area (Å²) in [7, 11) is 1.91. The van der Waals surface area contributed by atoms with Crippen molar-refractivity contribution in [2.75, 3.05) is 38.5 Å². The van der Waals surface area contributed by atoms with E-state index in [1.165, 1.54) is 16.8 Å². The summed E-state index contributed by atoms with van der Waals surface area (Å²) in [5, 5.41) is 6.72. The maximum atomic E-state index is 13.7. The number of pyridine rings is 1. The Hall–Kier alpha value is -2.40. The molecule has 1 spiro atoms. The number of amides is 1. The van der Waals surface area contributed by atoms with Crippen LogP contribution in [0.3, 0.4) is 0 Å². The van der Waals surface area contributed by atoms with E-state index in [-0.39, 0.29) is 11.3 Å². The minimum Gasteiger partial charge on any atom is -0.373 e. The van der Waals surface area contributed by atoms with Crippen molar-refractivity contribution in [2.24, 2.45) is 5.92 Å². The zero-order chi connectivity index (χ0) is 20.6.